The molecule has 10 heteroatoms. The molecule has 0 aliphatic rings. The van der Waals surface area contributed by atoms with E-state index in [1.807, 2.05) is 0 Å². The monoisotopic (exact) mass is 433 g/mol. The van der Waals surface area contributed by atoms with Crippen molar-refractivity contribution in [1.29, 1.82) is 0 Å². The van der Waals surface area contributed by atoms with Gasteiger partial charge in [-0.3, -0.25) is 15.6 Å². The Kier molecular flexibility index (Phi) is 7.26. The highest BCUT2D eigenvalue weighted by atomic mass is 35.5. The second kappa shape index (κ2) is 9.25. The minimum atomic E-state index is -4.64. The second-order valence-corrected chi connectivity index (χ2v) is 6.96. The Morgan fingerprint density at radius 1 is 1.11 bits per heavy atom. The van der Waals surface area contributed by atoms with Crippen LogP contribution in [0.4, 0.5) is 18.9 Å². The van der Waals surface area contributed by atoms with Crippen LogP contribution in [-0.4, -0.2) is 12.1 Å². The number of hydrogen-bond donors (Lipinski definition) is 2. The molecule has 0 bridgehead atoms. The molecule has 2 unspecified atom stereocenters. The summed E-state index contributed by atoms with van der Waals surface area (Å²) in [6.45, 7) is 1.29. The third-order valence-electron chi connectivity index (χ3n) is 3.92. The third kappa shape index (κ3) is 6.10. The summed E-state index contributed by atoms with van der Waals surface area (Å²) in [5, 5.41) is 3.01. The summed E-state index contributed by atoms with van der Waals surface area (Å²) in [6.07, 6.45) is -5.25. The average Bonchev–Trinajstić information content (AvgIpc) is 2.59. The number of nitroso groups, excluding NO2 is 1. The lowest BCUT2D eigenvalue weighted by Crippen LogP contribution is -2.26. The van der Waals surface area contributed by atoms with E-state index in [2.05, 4.69) is 16.0 Å². The van der Waals surface area contributed by atoms with E-state index in [1.165, 1.54) is 43.3 Å². The van der Waals surface area contributed by atoms with Gasteiger partial charge in [0.1, 0.15) is 6.04 Å². The number of hydrazine groups is 1. The lowest BCUT2D eigenvalue weighted by atomic mass is 9.89. The molecule has 5 nitrogen and oxygen atoms in total. The quantitative estimate of drug-likeness (QED) is 0.415. The minimum Gasteiger partial charge on any atom is -0.299 e. The van der Waals surface area contributed by atoms with Crippen LogP contribution in [0.1, 0.15) is 36.4 Å². The highest BCUT2D eigenvalue weighted by molar-refractivity contribution is 6.34. The van der Waals surface area contributed by atoms with Gasteiger partial charge < -0.3 is 0 Å². The maximum atomic E-state index is 13.7. The Labute approximate surface area is 169 Å². The molecule has 2 aromatic rings. The van der Waals surface area contributed by atoms with Crippen molar-refractivity contribution in [2.75, 3.05) is 5.43 Å². The van der Waals surface area contributed by atoms with Gasteiger partial charge in [0, 0.05) is 17.0 Å². The van der Waals surface area contributed by atoms with Crippen LogP contribution >= 0.6 is 23.2 Å². The van der Waals surface area contributed by atoms with Crippen LogP contribution in [0.3, 0.4) is 0 Å². The van der Waals surface area contributed by atoms with Crippen LogP contribution in [0.2, 0.25) is 10.0 Å². The number of halogens is 5. The lowest BCUT2D eigenvalue weighted by molar-refractivity contribution is -0.152. The number of nitrogens with zero attached hydrogens (tertiary/aromatic N) is 1. The molecule has 2 rings (SSSR count). The number of alkyl halides is 3. The summed E-state index contributed by atoms with van der Waals surface area (Å²) in [5.41, 5.74) is 5.46. The number of amides is 1. The molecule has 1 amide bonds. The first kappa shape index (κ1) is 22.0. The summed E-state index contributed by atoms with van der Waals surface area (Å²) < 4.78 is 41.0. The van der Waals surface area contributed by atoms with Gasteiger partial charge in [0.05, 0.1) is 11.6 Å². The smallest absolute Gasteiger partial charge is 0.299 e. The summed E-state index contributed by atoms with van der Waals surface area (Å²) in [5.74, 6) is -2.34. The second-order valence-electron chi connectivity index (χ2n) is 6.09. The van der Waals surface area contributed by atoms with E-state index >= 15 is 0 Å². The summed E-state index contributed by atoms with van der Waals surface area (Å²) in [4.78, 5) is 22.3. The number of benzene rings is 2. The van der Waals surface area contributed by atoms with Crippen LogP contribution in [0, 0.1) is 4.91 Å². The normalized spacial score (nSPS) is 13.5. The van der Waals surface area contributed by atoms with Crippen LogP contribution in [0.5, 0.6) is 0 Å². The van der Waals surface area contributed by atoms with Gasteiger partial charge in [0.15, 0.2) is 0 Å². The van der Waals surface area contributed by atoms with E-state index < -0.39 is 24.6 Å². The predicted octanol–water partition coefficient (Wildman–Crippen LogP) is 6.00. The van der Waals surface area contributed by atoms with Crippen LogP contribution in [0.15, 0.2) is 47.6 Å². The van der Waals surface area contributed by atoms with Gasteiger partial charge in [0.2, 0.25) is 5.91 Å². The Hall–Kier alpha value is -2.32. The van der Waals surface area contributed by atoms with Crippen molar-refractivity contribution in [3.8, 4) is 0 Å². The van der Waals surface area contributed by atoms with Crippen LogP contribution < -0.4 is 10.9 Å². The topological polar surface area (TPSA) is 70.6 Å². The van der Waals surface area contributed by atoms with E-state index in [0.717, 1.165) is 0 Å². The molecule has 0 saturated carbocycles. The zero-order valence-electron chi connectivity index (χ0n) is 14.6. The molecule has 0 aliphatic carbocycles. The highest BCUT2D eigenvalue weighted by Crippen LogP contribution is 2.43. The predicted molar refractivity (Wildman–Crippen MR) is 102 cm³/mol. The first-order chi connectivity index (χ1) is 13.1. The van der Waals surface area contributed by atoms with Crippen molar-refractivity contribution < 1.29 is 18.0 Å². The first-order valence-corrected chi connectivity index (χ1v) is 8.83. The Morgan fingerprint density at radius 3 is 2.29 bits per heavy atom. The van der Waals surface area contributed by atoms with Gasteiger partial charge >= 0.3 is 6.18 Å². The van der Waals surface area contributed by atoms with E-state index in [4.69, 9.17) is 23.2 Å². The summed E-state index contributed by atoms with van der Waals surface area (Å²) in [7, 11) is 0. The summed E-state index contributed by atoms with van der Waals surface area (Å²) in [6, 6.07) is 8.44. The number of nitrogens with one attached hydrogen (secondary N) is 2. The van der Waals surface area contributed by atoms with Gasteiger partial charge in [-0.15, -0.1) is 0 Å². The van der Waals surface area contributed by atoms with Crippen molar-refractivity contribution in [3.63, 3.8) is 0 Å². The van der Waals surface area contributed by atoms with Gasteiger partial charge in [-0.1, -0.05) is 40.5 Å². The molecule has 0 fully saturated rings. The number of rotatable bonds is 7. The number of carbonyl (C=O) groups excluding carboxylic acids is 1. The van der Waals surface area contributed by atoms with Crippen molar-refractivity contribution in [3.05, 3.63) is 68.5 Å². The van der Waals surface area contributed by atoms with Gasteiger partial charge in [-0.2, -0.15) is 18.1 Å². The van der Waals surface area contributed by atoms with Crippen molar-refractivity contribution >= 4 is 34.8 Å². The maximum Gasteiger partial charge on any atom is 0.395 e. The average molecular weight is 434 g/mol. The van der Waals surface area contributed by atoms with Crippen LogP contribution in [-0.2, 0) is 4.79 Å². The fourth-order valence-electron chi connectivity index (χ4n) is 2.68. The van der Waals surface area contributed by atoms with E-state index in [-0.39, 0.29) is 27.1 Å². The van der Waals surface area contributed by atoms with Gasteiger partial charge in [-0.05, 0) is 47.9 Å². The molecule has 0 aliphatic heterocycles. The van der Waals surface area contributed by atoms with E-state index in [1.54, 1.807) is 6.07 Å². The zero-order chi connectivity index (χ0) is 20.9. The minimum absolute atomic E-state index is 0.0638. The molecule has 2 N–H and O–H groups in total. The van der Waals surface area contributed by atoms with Crippen LogP contribution in [0.25, 0.3) is 0 Å². The number of hydrogen-bond acceptors (Lipinski definition) is 4. The van der Waals surface area contributed by atoms with Crippen molar-refractivity contribution in [2.45, 2.75) is 31.5 Å². The molecule has 2 aromatic carbocycles. The van der Waals surface area contributed by atoms with Crippen molar-refractivity contribution in [1.82, 2.24) is 5.43 Å². The highest BCUT2D eigenvalue weighted by Gasteiger charge is 2.42. The molecule has 0 saturated heterocycles. The van der Waals surface area contributed by atoms with E-state index in [9.17, 15) is 22.9 Å². The third-order valence-corrected chi connectivity index (χ3v) is 4.36. The zero-order valence-corrected chi connectivity index (χ0v) is 16.1. The molecule has 0 radical (unpaired) electrons. The number of carbonyl (C=O) groups is 1. The number of anilines is 1. The fraction of sp³-hybridized carbons (Fsp3) is 0.278. The SMILES string of the molecule is CC(=O)NNc1cccc(C(CC(c2cc(Cl)cc(Cl)c2)C(F)(F)F)N=O)c1. The molecule has 2 atom stereocenters. The first-order valence-electron chi connectivity index (χ1n) is 8.08. The standard InChI is InChI=1S/C18H16Cl2F3N3O2/c1-10(27)24-25-15-4-2-3-11(7-15)17(26-28)9-16(18(21,22)23)12-5-13(19)8-14(20)6-12/h2-8,16-17,25H,9H2,1H3,(H,24,27). The molecular weight excluding hydrogens is 418 g/mol. The van der Waals surface area contributed by atoms with E-state index in [0.29, 0.717) is 5.69 Å². The van der Waals surface area contributed by atoms with Gasteiger partial charge in [0.25, 0.3) is 0 Å². The Balaban J connectivity index is 2.32. The Morgan fingerprint density at radius 2 is 1.75 bits per heavy atom. The molecule has 0 spiro atoms. The lowest BCUT2D eigenvalue weighted by Gasteiger charge is -2.23. The molecule has 150 valence electrons. The molecule has 0 heterocycles. The fourth-order valence-corrected chi connectivity index (χ4v) is 3.23. The molecular formula is C18H16Cl2F3N3O2. The molecule has 28 heavy (non-hydrogen) atoms. The Bertz CT molecular complexity index is 842. The van der Waals surface area contributed by atoms with Crippen molar-refractivity contribution in [2.24, 2.45) is 5.18 Å². The maximum absolute atomic E-state index is 13.7. The summed E-state index contributed by atoms with van der Waals surface area (Å²) >= 11 is 11.7. The van der Waals surface area contributed by atoms with Gasteiger partial charge in [-0.25, -0.2) is 0 Å². The molecule has 0 aromatic heterocycles. The largest absolute Gasteiger partial charge is 0.395 e.